The molecule has 1 N–H and O–H groups in total. The van der Waals surface area contributed by atoms with E-state index < -0.39 is 23.3 Å². The second-order valence-electron chi connectivity index (χ2n) is 13.1. The quantitative estimate of drug-likeness (QED) is 0.274. The minimum Gasteiger partial charge on any atom is -0.461 e. The van der Waals surface area contributed by atoms with E-state index in [0.717, 1.165) is 37.6 Å². The van der Waals surface area contributed by atoms with E-state index in [1.807, 2.05) is 18.2 Å². The maximum absolute atomic E-state index is 16.7. The summed E-state index contributed by atoms with van der Waals surface area (Å²) in [6.07, 6.45) is 3.35. The van der Waals surface area contributed by atoms with Crippen LogP contribution in [0.25, 0.3) is 32.8 Å². The van der Waals surface area contributed by atoms with E-state index in [1.165, 1.54) is 6.07 Å². The summed E-state index contributed by atoms with van der Waals surface area (Å²) in [4.78, 5) is 13.6. The van der Waals surface area contributed by atoms with Crippen LogP contribution in [0.5, 0.6) is 6.01 Å². The molecule has 10 heteroatoms. The van der Waals surface area contributed by atoms with Gasteiger partial charge in [-0.2, -0.15) is 9.97 Å². The van der Waals surface area contributed by atoms with Crippen LogP contribution in [-0.2, 0) is 0 Å². The van der Waals surface area contributed by atoms with Crippen LogP contribution in [0, 0.1) is 11.6 Å². The molecule has 1 aromatic heterocycles. The lowest BCUT2D eigenvalue weighted by atomic mass is 9.95. The number of alkyl halides is 1. The first-order valence-corrected chi connectivity index (χ1v) is 15.5. The number of benzene rings is 3. The molecule has 224 valence electrons. The maximum atomic E-state index is 16.7. The number of anilines is 1. The third kappa shape index (κ3) is 4.46. The minimum atomic E-state index is -0.899. The van der Waals surface area contributed by atoms with Gasteiger partial charge in [-0.3, -0.25) is 4.90 Å². The number of fused-ring (bicyclic) bond motifs is 5. The number of halogens is 4. The van der Waals surface area contributed by atoms with Crippen molar-refractivity contribution < 1.29 is 17.9 Å². The molecule has 0 spiro atoms. The Labute approximate surface area is 253 Å². The zero-order valence-corrected chi connectivity index (χ0v) is 24.7. The summed E-state index contributed by atoms with van der Waals surface area (Å²) in [5.74, 6) is -1.04. The third-order valence-corrected chi connectivity index (χ3v) is 10.4. The zero-order chi connectivity index (χ0) is 29.5. The molecule has 0 radical (unpaired) electrons. The molecule has 6 nitrogen and oxygen atoms in total. The van der Waals surface area contributed by atoms with Crippen molar-refractivity contribution in [1.29, 1.82) is 0 Å². The van der Waals surface area contributed by atoms with Crippen molar-refractivity contribution in [1.82, 2.24) is 20.2 Å². The molecule has 4 fully saturated rings. The summed E-state index contributed by atoms with van der Waals surface area (Å²) < 4.78 is 53.5. The molecule has 4 aromatic rings. The summed E-state index contributed by atoms with van der Waals surface area (Å²) in [6.45, 7) is 4.92. The van der Waals surface area contributed by atoms with Crippen molar-refractivity contribution in [3.05, 3.63) is 59.1 Å². The van der Waals surface area contributed by atoms with E-state index in [2.05, 4.69) is 27.0 Å². The Morgan fingerprint density at radius 3 is 2.79 bits per heavy atom. The lowest BCUT2D eigenvalue weighted by Crippen LogP contribution is -2.58. The van der Waals surface area contributed by atoms with E-state index >= 15 is 8.78 Å². The number of hydrogen-bond acceptors (Lipinski definition) is 6. The number of ether oxygens (including phenoxy) is 1. The molecule has 43 heavy (non-hydrogen) atoms. The van der Waals surface area contributed by atoms with Gasteiger partial charge in [0.15, 0.2) is 5.82 Å². The summed E-state index contributed by atoms with van der Waals surface area (Å²) >= 11 is 6.56. The van der Waals surface area contributed by atoms with Crippen molar-refractivity contribution >= 4 is 39.1 Å². The van der Waals surface area contributed by atoms with Crippen LogP contribution < -0.4 is 15.0 Å². The standard InChI is InChI=1S/C33H33ClF3N5O/c1-32-11-9-21(40-32)16-41(17-32)30-23-13-25(36)27(22-7-2-5-19-6-3-8-24(34)26(19)22)28(37)29(23)38-31(39-30)43-18-33-10-4-12-42(33)15-20(35)14-33/h2-3,5-8,13,20-21,40H,4,9-12,14-18H2,1H3/t20-,21-,32+,33+/m1/s1. The zero-order valence-electron chi connectivity index (χ0n) is 24.0. The third-order valence-electron chi connectivity index (χ3n) is 10.1. The molecule has 2 bridgehead atoms. The lowest BCUT2D eigenvalue weighted by Gasteiger charge is -2.40. The van der Waals surface area contributed by atoms with Gasteiger partial charge in [-0.05, 0) is 62.2 Å². The molecule has 3 aromatic carbocycles. The SMILES string of the molecule is C[C@]12CC[C@H](CN(c3nc(OC[C@@]45CCCN4C[C@H](F)C5)nc4c(F)c(-c5cccc6cccc(Cl)c56)c(F)cc34)C1)N2. The van der Waals surface area contributed by atoms with E-state index in [1.54, 1.807) is 18.2 Å². The second-order valence-corrected chi connectivity index (χ2v) is 13.5. The van der Waals surface area contributed by atoms with Crippen LogP contribution in [0.2, 0.25) is 5.02 Å². The predicted octanol–water partition coefficient (Wildman–Crippen LogP) is 6.67. The summed E-state index contributed by atoms with van der Waals surface area (Å²) in [5, 5.41) is 5.74. The highest BCUT2D eigenvalue weighted by molar-refractivity contribution is 6.36. The van der Waals surface area contributed by atoms with Gasteiger partial charge in [0.25, 0.3) is 0 Å². The van der Waals surface area contributed by atoms with Crippen molar-refractivity contribution in [2.24, 2.45) is 0 Å². The summed E-state index contributed by atoms with van der Waals surface area (Å²) in [5.41, 5.74) is -0.374. The van der Waals surface area contributed by atoms with Gasteiger partial charge < -0.3 is 15.0 Å². The number of piperazine rings is 1. The number of nitrogens with zero attached hydrogens (tertiary/aromatic N) is 4. The van der Waals surface area contributed by atoms with Crippen LogP contribution >= 0.6 is 11.6 Å². The molecule has 5 heterocycles. The van der Waals surface area contributed by atoms with Gasteiger partial charge in [0.05, 0.1) is 11.1 Å². The second kappa shape index (κ2) is 9.94. The average Bonchev–Trinajstić information content (AvgIpc) is 3.60. The maximum Gasteiger partial charge on any atom is 0.319 e. The molecular weight excluding hydrogens is 575 g/mol. The monoisotopic (exact) mass is 607 g/mol. The Morgan fingerprint density at radius 2 is 1.95 bits per heavy atom. The Morgan fingerprint density at radius 1 is 1.12 bits per heavy atom. The van der Waals surface area contributed by atoms with E-state index in [4.69, 9.17) is 21.3 Å². The summed E-state index contributed by atoms with van der Waals surface area (Å²) in [7, 11) is 0. The Bertz CT molecular complexity index is 1770. The van der Waals surface area contributed by atoms with Crippen LogP contribution in [0.3, 0.4) is 0 Å². The fraction of sp³-hybridized carbons (Fsp3) is 0.455. The molecule has 0 amide bonds. The summed E-state index contributed by atoms with van der Waals surface area (Å²) in [6, 6.07) is 12.3. The number of hydrogen-bond donors (Lipinski definition) is 1. The van der Waals surface area contributed by atoms with E-state index in [-0.39, 0.29) is 35.3 Å². The van der Waals surface area contributed by atoms with E-state index in [0.29, 0.717) is 53.2 Å². The minimum absolute atomic E-state index is 0.00735. The Kier molecular flexibility index (Phi) is 6.34. The van der Waals surface area contributed by atoms with E-state index in [9.17, 15) is 4.39 Å². The highest BCUT2D eigenvalue weighted by Crippen LogP contribution is 2.43. The molecule has 4 aliphatic rings. The van der Waals surface area contributed by atoms with Gasteiger partial charge in [0.2, 0.25) is 0 Å². The Balaban J connectivity index is 1.28. The molecule has 8 rings (SSSR count). The lowest BCUT2D eigenvalue weighted by molar-refractivity contribution is 0.107. The Hall–Kier alpha value is -3.14. The largest absolute Gasteiger partial charge is 0.461 e. The molecule has 4 atom stereocenters. The van der Waals surface area contributed by atoms with Crippen LogP contribution in [0.4, 0.5) is 19.0 Å². The normalized spacial score (nSPS) is 28.7. The van der Waals surface area contributed by atoms with Crippen molar-refractivity contribution in [3.8, 4) is 17.1 Å². The first-order chi connectivity index (χ1) is 20.7. The van der Waals surface area contributed by atoms with Gasteiger partial charge in [-0.1, -0.05) is 41.9 Å². The fourth-order valence-corrected chi connectivity index (χ4v) is 8.45. The van der Waals surface area contributed by atoms with Crippen molar-refractivity contribution in [2.75, 3.05) is 37.7 Å². The van der Waals surface area contributed by atoms with Gasteiger partial charge >= 0.3 is 6.01 Å². The predicted molar refractivity (Wildman–Crippen MR) is 163 cm³/mol. The van der Waals surface area contributed by atoms with Gasteiger partial charge in [0, 0.05) is 53.4 Å². The molecule has 0 saturated carbocycles. The van der Waals surface area contributed by atoms with Crippen LogP contribution in [-0.4, -0.2) is 70.9 Å². The molecule has 0 aliphatic carbocycles. The average molecular weight is 608 g/mol. The van der Waals surface area contributed by atoms with Crippen LogP contribution in [0.1, 0.15) is 39.0 Å². The highest BCUT2D eigenvalue weighted by atomic mass is 35.5. The molecule has 0 unspecified atom stereocenters. The number of nitrogens with one attached hydrogen (secondary N) is 1. The topological polar surface area (TPSA) is 53.5 Å². The molecular formula is C33H33ClF3N5O. The molecule has 4 saturated heterocycles. The van der Waals surface area contributed by atoms with Gasteiger partial charge in [-0.15, -0.1) is 0 Å². The first kappa shape index (κ1) is 27.4. The highest BCUT2D eigenvalue weighted by Gasteiger charge is 2.49. The number of rotatable bonds is 5. The van der Waals surface area contributed by atoms with Crippen LogP contribution in [0.15, 0.2) is 42.5 Å². The van der Waals surface area contributed by atoms with Gasteiger partial charge in [0.1, 0.15) is 29.9 Å². The van der Waals surface area contributed by atoms with Crippen molar-refractivity contribution in [3.63, 3.8) is 0 Å². The van der Waals surface area contributed by atoms with Gasteiger partial charge in [-0.25, -0.2) is 13.2 Å². The number of aromatic nitrogens is 2. The first-order valence-electron chi connectivity index (χ1n) is 15.1. The molecule has 4 aliphatic heterocycles. The van der Waals surface area contributed by atoms with Crippen molar-refractivity contribution in [2.45, 2.75) is 62.3 Å². The fourth-order valence-electron chi connectivity index (χ4n) is 8.17. The smallest absolute Gasteiger partial charge is 0.319 e.